The molecule has 1 aromatic carbocycles. The zero-order valence-electron chi connectivity index (χ0n) is 11.0. The summed E-state index contributed by atoms with van der Waals surface area (Å²) in [6.45, 7) is 3.87. The lowest BCUT2D eigenvalue weighted by atomic mass is 10.00. The number of hydrogen-bond donors (Lipinski definition) is 1. The molecule has 1 saturated heterocycles. The summed E-state index contributed by atoms with van der Waals surface area (Å²) < 4.78 is 5.68. The van der Waals surface area contributed by atoms with Crippen molar-refractivity contribution in [1.29, 1.82) is 0 Å². The van der Waals surface area contributed by atoms with Crippen molar-refractivity contribution in [2.24, 2.45) is 5.92 Å². The van der Waals surface area contributed by atoms with E-state index in [0.29, 0.717) is 18.0 Å². The smallest absolute Gasteiger partial charge is 0.243 e. The molecule has 1 aromatic heterocycles. The van der Waals surface area contributed by atoms with E-state index in [-0.39, 0.29) is 0 Å². The predicted molar refractivity (Wildman–Crippen MR) is 74.0 cm³/mol. The molecule has 0 aliphatic carbocycles. The average molecular weight is 258 g/mol. The fourth-order valence-electron chi connectivity index (χ4n) is 2.56. The molecule has 1 N–H and O–H groups in total. The van der Waals surface area contributed by atoms with Gasteiger partial charge in [0.1, 0.15) is 5.52 Å². The van der Waals surface area contributed by atoms with Gasteiger partial charge < -0.3 is 10.1 Å². The highest BCUT2D eigenvalue weighted by Gasteiger charge is 2.26. The molecule has 19 heavy (non-hydrogen) atoms. The van der Waals surface area contributed by atoms with E-state index in [1.807, 2.05) is 24.3 Å². The van der Waals surface area contributed by atoms with Crippen molar-refractivity contribution in [2.75, 3.05) is 18.5 Å². The number of aromatic nitrogens is 3. The minimum absolute atomic E-state index is 0.362. The number of nitrogens with one attached hydrogen (secondary N) is 1. The summed E-state index contributed by atoms with van der Waals surface area (Å²) in [6, 6.07) is 7.76. The number of ether oxygens (including phenoxy) is 1. The molecule has 3 rings (SSSR count). The van der Waals surface area contributed by atoms with E-state index in [9.17, 15) is 0 Å². The van der Waals surface area contributed by atoms with E-state index in [1.165, 1.54) is 0 Å². The van der Waals surface area contributed by atoms with Gasteiger partial charge in [-0.1, -0.05) is 19.1 Å². The minimum Gasteiger partial charge on any atom is -0.378 e. The standard InChI is InChI=1S/C14H18N4O/c1-2-13-10(7-8-19-13)9-15-14-16-11-5-3-4-6-12(11)17-18-14/h3-6,10,13H,2,7-9H2,1H3,(H,15,16,18). The number of para-hydroxylation sites is 1. The van der Waals surface area contributed by atoms with Crippen LogP contribution >= 0.6 is 0 Å². The fourth-order valence-corrected chi connectivity index (χ4v) is 2.56. The molecule has 0 spiro atoms. The Hall–Kier alpha value is -1.75. The Bertz CT molecular complexity index is 560. The van der Waals surface area contributed by atoms with Crippen LogP contribution in [-0.4, -0.2) is 34.4 Å². The second kappa shape index (κ2) is 5.48. The Morgan fingerprint density at radius 1 is 1.26 bits per heavy atom. The van der Waals surface area contributed by atoms with Gasteiger partial charge in [0.25, 0.3) is 0 Å². The first-order valence-corrected chi connectivity index (χ1v) is 6.81. The van der Waals surface area contributed by atoms with Crippen molar-refractivity contribution in [3.05, 3.63) is 24.3 Å². The molecule has 0 radical (unpaired) electrons. The fraction of sp³-hybridized carbons (Fsp3) is 0.500. The van der Waals surface area contributed by atoms with Crippen LogP contribution in [0.1, 0.15) is 19.8 Å². The second-order valence-electron chi connectivity index (χ2n) is 4.87. The molecule has 0 saturated carbocycles. The van der Waals surface area contributed by atoms with E-state index < -0.39 is 0 Å². The summed E-state index contributed by atoms with van der Waals surface area (Å²) >= 11 is 0. The first-order chi connectivity index (χ1) is 9.36. The van der Waals surface area contributed by atoms with Crippen LogP contribution < -0.4 is 5.32 Å². The van der Waals surface area contributed by atoms with Gasteiger partial charge in [-0.2, -0.15) is 0 Å². The van der Waals surface area contributed by atoms with Crippen LogP contribution in [0.4, 0.5) is 5.95 Å². The van der Waals surface area contributed by atoms with Gasteiger partial charge in [-0.25, -0.2) is 4.98 Å². The Kier molecular flexibility index (Phi) is 3.55. The van der Waals surface area contributed by atoms with E-state index >= 15 is 0 Å². The van der Waals surface area contributed by atoms with Gasteiger partial charge in [-0.3, -0.25) is 0 Å². The Morgan fingerprint density at radius 2 is 2.11 bits per heavy atom. The molecule has 5 heteroatoms. The maximum Gasteiger partial charge on any atom is 0.243 e. The molecule has 5 nitrogen and oxygen atoms in total. The second-order valence-corrected chi connectivity index (χ2v) is 4.87. The van der Waals surface area contributed by atoms with Gasteiger partial charge in [-0.15, -0.1) is 10.2 Å². The summed E-state index contributed by atoms with van der Waals surface area (Å²) in [5.74, 6) is 1.14. The first kappa shape index (κ1) is 12.3. The first-order valence-electron chi connectivity index (χ1n) is 6.81. The molecular formula is C14H18N4O. The van der Waals surface area contributed by atoms with Gasteiger partial charge in [0, 0.05) is 19.1 Å². The highest BCUT2D eigenvalue weighted by atomic mass is 16.5. The SMILES string of the molecule is CCC1OCCC1CNc1nnc2ccccc2n1. The highest BCUT2D eigenvalue weighted by Crippen LogP contribution is 2.23. The van der Waals surface area contributed by atoms with Crippen molar-refractivity contribution >= 4 is 17.0 Å². The number of fused-ring (bicyclic) bond motifs is 1. The van der Waals surface area contributed by atoms with Gasteiger partial charge in [0.15, 0.2) is 0 Å². The van der Waals surface area contributed by atoms with Gasteiger partial charge in [0.2, 0.25) is 5.95 Å². The number of nitrogens with zero attached hydrogens (tertiary/aromatic N) is 3. The van der Waals surface area contributed by atoms with Crippen LogP contribution in [-0.2, 0) is 4.74 Å². The topological polar surface area (TPSA) is 59.9 Å². The Balaban J connectivity index is 1.68. The normalized spacial score (nSPS) is 22.8. The van der Waals surface area contributed by atoms with E-state index in [1.54, 1.807) is 0 Å². The van der Waals surface area contributed by atoms with Crippen LogP contribution in [0.2, 0.25) is 0 Å². The Morgan fingerprint density at radius 3 is 2.95 bits per heavy atom. The predicted octanol–water partition coefficient (Wildman–Crippen LogP) is 2.25. The molecule has 1 fully saturated rings. The zero-order valence-corrected chi connectivity index (χ0v) is 11.0. The third kappa shape index (κ3) is 2.66. The van der Waals surface area contributed by atoms with Crippen LogP contribution in [0.25, 0.3) is 11.0 Å². The summed E-state index contributed by atoms with van der Waals surface area (Å²) in [4.78, 5) is 4.46. The zero-order chi connectivity index (χ0) is 13.1. The molecular weight excluding hydrogens is 240 g/mol. The van der Waals surface area contributed by atoms with Crippen LogP contribution in [0.3, 0.4) is 0 Å². The monoisotopic (exact) mass is 258 g/mol. The van der Waals surface area contributed by atoms with Crippen molar-refractivity contribution in [3.8, 4) is 0 Å². The van der Waals surface area contributed by atoms with Crippen molar-refractivity contribution in [3.63, 3.8) is 0 Å². The largest absolute Gasteiger partial charge is 0.378 e. The number of anilines is 1. The average Bonchev–Trinajstić information content (AvgIpc) is 2.92. The van der Waals surface area contributed by atoms with E-state index in [2.05, 4.69) is 27.4 Å². The lowest BCUT2D eigenvalue weighted by Crippen LogP contribution is -2.23. The van der Waals surface area contributed by atoms with Gasteiger partial charge in [0.05, 0.1) is 11.6 Å². The molecule has 2 atom stereocenters. The van der Waals surface area contributed by atoms with Gasteiger partial charge in [-0.05, 0) is 25.0 Å². The lowest BCUT2D eigenvalue weighted by Gasteiger charge is -2.16. The number of benzene rings is 1. The van der Waals surface area contributed by atoms with Crippen molar-refractivity contribution < 1.29 is 4.74 Å². The third-order valence-electron chi connectivity index (χ3n) is 3.63. The maximum atomic E-state index is 5.68. The number of rotatable bonds is 4. The highest BCUT2D eigenvalue weighted by molar-refractivity contribution is 5.73. The third-order valence-corrected chi connectivity index (χ3v) is 3.63. The molecule has 1 aliphatic rings. The molecule has 1 aliphatic heterocycles. The summed E-state index contributed by atoms with van der Waals surface area (Å²) in [6.07, 6.45) is 2.52. The molecule has 100 valence electrons. The molecule has 0 bridgehead atoms. The van der Waals surface area contributed by atoms with Crippen molar-refractivity contribution in [1.82, 2.24) is 15.2 Å². The van der Waals surface area contributed by atoms with Crippen LogP contribution in [0.15, 0.2) is 24.3 Å². The summed E-state index contributed by atoms with van der Waals surface area (Å²) in [7, 11) is 0. The van der Waals surface area contributed by atoms with Crippen LogP contribution in [0.5, 0.6) is 0 Å². The van der Waals surface area contributed by atoms with Crippen LogP contribution in [0, 0.1) is 5.92 Å². The van der Waals surface area contributed by atoms with E-state index in [4.69, 9.17) is 4.74 Å². The lowest BCUT2D eigenvalue weighted by molar-refractivity contribution is 0.0900. The van der Waals surface area contributed by atoms with E-state index in [0.717, 1.165) is 37.0 Å². The van der Waals surface area contributed by atoms with Gasteiger partial charge >= 0.3 is 0 Å². The summed E-state index contributed by atoms with van der Waals surface area (Å²) in [5.41, 5.74) is 1.69. The molecule has 2 unspecified atom stereocenters. The Labute approximate surface area is 112 Å². The number of hydrogen-bond acceptors (Lipinski definition) is 5. The molecule has 2 aromatic rings. The van der Waals surface area contributed by atoms with Crippen molar-refractivity contribution in [2.45, 2.75) is 25.9 Å². The molecule has 2 heterocycles. The maximum absolute atomic E-state index is 5.68. The quantitative estimate of drug-likeness (QED) is 0.911. The summed E-state index contributed by atoms with van der Waals surface area (Å²) in [5, 5.41) is 11.5. The molecule has 0 amide bonds. The minimum atomic E-state index is 0.362.